The van der Waals surface area contributed by atoms with Gasteiger partial charge in [-0.15, -0.1) is 11.3 Å². The third-order valence-electron chi connectivity index (χ3n) is 1.87. The van der Waals surface area contributed by atoms with Gasteiger partial charge in [-0.25, -0.2) is 9.78 Å². The zero-order valence-corrected chi connectivity index (χ0v) is 9.50. The quantitative estimate of drug-likeness (QED) is 0.795. The van der Waals surface area contributed by atoms with Gasteiger partial charge in [0.15, 0.2) is 5.69 Å². The normalized spacial score (nSPS) is 12.7. The average molecular weight is 230 g/mol. The van der Waals surface area contributed by atoms with Crippen LogP contribution < -0.4 is 5.73 Å². The molecule has 0 fully saturated rings. The Labute approximate surface area is 91.9 Å². The molecule has 1 aromatic rings. The Kier molecular flexibility index (Phi) is 4.05. The van der Waals surface area contributed by atoms with Crippen molar-refractivity contribution >= 4 is 22.3 Å². The molecule has 1 atom stereocenters. The second-order valence-electron chi connectivity index (χ2n) is 3.39. The van der Waals surface area contributed by atoms with Gasteiger partial charge in [0.25, 0.3) is 0 Å². The first-order valence-corrected chi connectivity index (χ1v) is 5.33. The first kappa shape index (κ1) is 11.9. The number of nitrogens with zero attached hydrogens (tertiary/aromatic N) is 1. The fourth-order valence-electron chi connectivity index (χ4n) is 1.26. The Morgan fingerprint density at radius 2 is 2.40 bits per heavy atom. The highest BCUT2D eigenvalue weighted by atomic mass is 32.1. The number of rotatable bonds is 5. The van der Waals surface area contributed by atoms with Gasteiger partial charge in [-0.1, -0.05) is 6.92 Å². The van der Waals surface area contributed by atoms with E-state index in [-0.39, 0.29) is 10.7 Å². The molecule has 15 heavy (non-hydrogen) atoms. The molecular formula is C9H14N2O3S. The van der Waals surface area contributed by atoms with Crippen LogP contribution in [-0.2, 0) is 11.2 Å². The van der Waals surface area contributed by atoms with Crippen LogP contribution in [0.3, 0.4) is 0 Å². The highest BCUT2D eigenvalue weighted by Crippen LogP contribution is 2.23. The smallest absolute Gasteiger partial charge is 0.357 e. The first-order valence-electron chi connectivity index (χ1n) is 4.52. The zero-order chi connectivity index (χ0) is 11.4. The van der Waals surface area contributed by atoms with Gasteiger partial charge in [0, 0.05) is 20.1 Å². The third-order valence-corrected chi connectivity index (χ3v) is 2.78. The van der Waals surface area contributed by atoms with Crippen LogP contribution in [0.1, 0.15) is 22.4 Å². The third kappa shape index (κ3) is 3.17. The number of nitrogen functional groups attached to an aromatic ring is 1. The Balaban J connectivity index is 2.71. The highest BCUT2D eigenvalue weighted by Gasteiger charge is 2.16. The molecule has 6 heteroatoms. The molecule has 1 aromatic heterocycles. The molecule has 0 aliphatic carbocycles. The Morgan fingerprint density at radius 1 is 1.73 bits per heavy atom. The van der Waals surface area contributed by atoms with Crippen LogP contribution in [-0.4, -0.2) is 29.8 Å². The van der Waals surface area contributed by atoms with E-state index < -0.39 is 5.97 Å². The number of carboxylic acids is 1. The van der Waals surface area contributed by atoms with Crippen LogP contribution >= 0.6 is 11.3 Å². The van der Waals surface area contributed by atoms with Crippen molar-refractivity contribution in [2.45, 2.75) is 13.3 Å². The molecule has 0 aliphatic rings. The number of anilines is 1. The van der Waals surface area contributed by atoms with Gasteiger partial charge in [0.1, 0.15) is 5.00 Å². The van der Waals surface area contributed by atoms with Crippen molar-refractivity contribution in [3.05, 3.63) is 10.7 Å². The molecule has 0 radical (unpaired) electrons. The number of carbonyl (C=O) groups is 1. The van der Waals surface area contributed by atoms with Crippen LogP contribution in [0.15, 0.2) is 0 Å². The van der Waals surface area contributed by atoms with E-state index in [0.29, 0.717) is 18.9 Å². The second kappa shape index (κ2) is 5.09. The fraction of sp³-hybridized carbons (Fsp3) is 0.556. The maximum atomic E-state index is 10.7. The fourth-order valence-corrected chi connectivity index (χ4v) is 2.25. The number of ether oxygens (including phenoxy) is 1. The minimum absolute atomic E-state index is 0.0420. The minimum atomic E-state index is -1.07. The summed E-state index contributed by atoms with van der Waals surface area (Å²) in [5.41, 5.74) is 5.49. The van der Waals surface area contributed by atoms with Gasteiger partial charge in [-0.05, 0) is 5.92 Å². The van der Waals surface area contributed by atoms with E-state index in [4.69, 9.17) is 15.6 Å². The van der Waals surface area contributed by atoms with E-state index in [9.17, 15) is 4.79 Å². The standard InChI is InChI=1S/C9H14N2O3S/c1-5(4-14-2)3-6-11-7(9(12)13)8(10)15-6/h5H,3-4,10H2,1-2H3,(H,12,13). The molecule has 0 saturated carbocycles. The Bertz CT molecular complexity index is 351. The lowest BCUT2D eigenvalue weighted by atomic mass is 10.1. The lowest BCUT2D eigenvalue weighted by Gasteiger charge is -2.06. The maximum Gasteiger partial charge on any atom is 0.357 e. The van der Waals surface area contributed by atoms with E-state index in [2.05, 4.69) is 4.98 Å². The number of carboxylic acid groups (broad SMARTS) is 1. The molecule has 5 nitrogen and oxygen atoms in total. The summed E-state index contributed by atoms with van der Waals surface area (Å²) in [4.78, 5) is 14.7. The van der Waals surface area contributed by atoms with Crippen LogP contribution in [0.25, 0.3) is 0 Å². The molecule has 0 amide bonds. The maximum absolute atomic E-state index is 10.7. The van der Waals surface area contributed by atoms with Crippen molar-refractivity contribution in [1.82, 2.24) is 4.98 Å². The van der Waals surface area contributed by atoms with Crippen molar-refractivity contribution in [2.75, 3.05) is 19.5 Å². The SMILES string of the molecule is COCC(C)Cc1nc(C(=O)O)c(N)s1. The minimum Gasteiger partial charge on any atom is -0.476 e. The van der Waals surface area contributed by atoms with E-state index in [1.807, 2.05) is 6.92 Å². The van der Waals surface area contributed by atoms with Gasteiger partial charge in [0.2, 0.25) is 0 Å². The molecule has 84 valence electrons. The molecule has 3 N–H and O–H groups in total. The average Bonchev–Trinajstić information content (AvgIpc) is 2.47. The molecule has 0 aliphatic heterocycles. The van der Waals surface area contributed by atoms with Crippen LogP contribution in [0.2, 0.25) is 0 Å². The molecule has 0 spiro atoms. The van der Waals surface area contributed by atoms with Crippen molar-refractivity contribution in [3.8, 4) is 0 Å². The lowest BCUT2D eigenvalue weighted by molar-refractivity contribution is 0.0692. The number of hydrogen-bond donors (Lipinski definition) is 2. The summed E-state index contributed by atoms with van der Waals surface area (Å²) in [6.45, 7) is 2.64. The van der Waals surface area contributed by atoms with Gasteiger partial charge in [-0.2, -0.15) is 0 Å². The van der Waals surface area contributed by atoms with E-state index >= 15 is 0 Å². The summed E-state index contributed by atoms with van der Waals surface area (Å²) in [6, 6.07) is 0. The number of thiazole rings is 1. The Hall–Kier alpha value is -1.14. The van der Waals surface area contributed by atoms with Crippen LogP contribution in [0, 0.1) is 5.92 Å². The summed E-state index contributed by atoms with van der Waals surface area (Å²) in [6.07, 6.45) is 0.690. The molecular weight excluding hydrogens is 216 g/mol. The highest BCUT2D eigenvalue weighted by molar-refractivity contribution is 7.15. The zero-order valence-electron chi connectivity index (χ0n) is 8.69. The molecule has 1 heterocycles. The number of hydrogen-bond acceptors (Lipinski definition) is 5. The van der Waals surface area contributed by atoms with Crippen LogP contribution in [0.4, 0.5) is 5.00 Å². The topological polar surface area (TPSA) is 85.4 Å². The number of methoxy groups -OCH3 is 1. The number of aromatic carboxylic acids is 1. The molecule has 1 unspecified atom stereocenters. The lowest BCUT2D eigenvalue weighted by Crippen LogP contribution is -2.07. The number of aromatic nitrogens is 1. The Morgan fingerprint density at radius 3 is 2.87 bits per heavy atom. The molecule has 0 bridgehead atoms. The summed E-state index contributed by atoms with van der Waals surface area (Å²) in [5.74, 6) is -0.767. The van der Waals surface area contributed by atoms with Crippen molar-refractivity contribution in [2.24, 2.45) is 5.92 Å². The summed E-state index contributed by atoms with van der Waals surface area (Å²) < 4.78 is 4.99. The van der Waals surface area contributed by atoms with Crippen LogP contribution in [0.5, 0.6) is 0 Å². The predicted molar refractivity (Wildman–Crippen MR) is 58.2 cm³/mol. The van der Waals surface area contributed by atoms with Crippen molar-refractivity contribution < 1.29 is 14.6 Å². The summed E-state index contributed by atoms with van der Waals surface area (Å²) in [7, 11) is 1.63. The predicted octanol–water partition coefficient (Wildman–Crippen LogP) is 1.25. The van der Waals surface area contributed by atoms with Gasteiger partial charge < -0.3 is 15.6 Å². The molecule has 1 rings (SSSR count). The number of nitrogens with two attached hydrogens (primary N) is 1. The molecule has 0 aromatic carbocycles. The first-order chi connectivity index (χ1) is 7.04. The van der Waals surface area contributed by atoms with E-state index in [1.165, 1.54) is 11.3 Å². The van der Waals surface area contributed by atoms with Gasteiger partial charge >= 0.3 is 5.97 Å². The largest absolute Gasteiger partial charge is 0.476 e. The van der Waals surface area contributed by atoms with Gasteiger partial charge in [-0.3, -0.25) is 0 Å². The van der Waals surface area contributed by atoms with Crippen molar-refractivity contribution in [1.29, 1.82) is 0 Å². The van der Waals surface area contributed by atoms with Gasteiger partial charge in [0.05, 0.1) is 5.01 Å². The van der Waals surface area contributed by atoms with E-state index in [0.717, 1.165) is 5.01 Å². The second-order valence-corrected chi connectivity index (χ2v) is 4.51. The summed E-state index contributed by atoms with van der Waals surface area (Å²) in [5, 5.41) is 9.77. The summed E-state index contributed by atoms with van der Waals surface area (Å²) >= 11 is 1.23. The monoisotopic (exact) mass is 230 g/mol. The van der Waals surface area contributed by atoms with Crippen molar-refractivity contribution in [3.63, 3.8) is 0 Å². The molecule has 0 saturated heterocycles. The van der Waals surface area contributed by atoms with E-state index in [1.54, 1.807) is 7.11 Å².